The summed E-state index contributed by atoms with van der Waals surface area (Å²) in [4.78, 5) is 8.38. The zero-order valence-electron chi connectivity index (χ0n) is 17.3. The molecule has 170 valence electrons. The highest BCUT2D eigenvalue weighted by Gasteiger charge is 2.64. The second kappa shape index (κ2) is 7.18. The summed E-state index contributed by atoms with van der Waals surface area (Å²) in [5.74, 6) is -1.47. The van der Waals surface area contributed by atoms with Gasteiger partial charge in [-0.05, 0) is 42.5 Å². The molecule has 5 nitrogen and oxygen atoms in total. The van der Waals surface area contributed by atoms with Gasteiger partial charge in [-0.1, -0.05) is 31.5 Å². The molecule has 3 N–H and O–H groups in total. The van der Waals surface area contributed by atoms with Crippen LogP contribution in [0.25, 0.3) is 10.9 Å². The van der Waals surface area contributed by atoms with Crippen LogP contribution in [-0.2, 0) is 5.41 Å². The van der Waals surface area contributed by atoms with Gasteiger partial charge < -0.3 is 15.5 Å². The molecule has 2 aromatic carbocycles. The Bertz CT molecular complexity index is 1230. The van der Waals surface area contributed by atoms with Crippen LogP contribution in [0.5, 0.6) is 5.75 Å². The molecule has 1 aliphatic rings. The van der Waals surface area contributed by atoms with Crippen LogP contribution in [0.2, 0.25) is 5.02 Å². The number of halogens is 5. The van der Waals surface area contributed by atoms with Gasteiger partial charge in [0.2, 0.25) is 0 Å². The van der Waals surface area contributed by atoms with Crippen molar-refractivity contribution in [2.45, 2.75) is 50.4 Å². The van der Waals surface area contributed by atoms with Gasteiger partial charge in [-0.15, -0.1) is 0 Å². The van der Waals surface area contributed by atoms with Crippen LogP contribution in [-0.4, -0.2) is 32.0 Å². The third-order valence-corrected chi connectivity index (χ3v) is 6.21. The highest BCUT2D eigenvalue weighted by atomic mass is 35.5. The van der Waals surface area contributed by atoms with Crippen LogP contribution < -0.4 is 5.32 Å². The maximum absolute atomic E-state index is 14.4. The monoisotopic (exact) mass is 469 g/mol. The van der Waals surface area contributed by atoms with Crippen molar-refractivity contribution in [3.63, 3.8) is 0 Å². The van der Waals surface area contributed by atoms with Gasteiger partial charge in [-0.2, -0.15) is 13.2 Å². The molecule has 0 amide bonds. The van der Waals surface area contributed by atoms with Gasteiger partial charge in [-0.25, -0.2) is 14.4 Å². The predicted octanol–water partition coefficient (Wildman–Crippen LogP) is 5.56. The summed E-state index contributed by atoms with van der Waals surface area (Å²) in [7, 11) is 0. The number of aryl methyl sites for hydroxylation is 1. The highest BCUT2D eigenvalue weighted by molar-refractivity contribution is 6.31. The molecule has 32 heavy (non-hydrogen) atoms. The first-order valence-electron chi connectivity index (χ1n) is 9.75. The van der Waals surface area contributed by atoms with Crippen LogP contribution in [0.4, 0.5) is 23.2 Å². The van der Waals surface area contributed by atoms with Crippen molar-refractivity contribution in [2.24, 2.45) is 0 Å². The van der Waals surface area contributed by atoms with Crippen molar-refractivity contribution in [3.8, 4) is 5.75 Å². The van der Waals surface area contributed by atoms with E-state index in [1.54, 1.807) is 19.1 Å². The van der Waals surface area contributed by atoms with Gasteiger partial charge in [-0.3, -0.25) is 0 Å². The summed E-state index contributed by atoms with van der Waals surface area (Å²) in [6, 6.07) is 4.05. The number of hydrogen-bond donors (Lipinski definition) is 3. The van der Waals surface area contributed by atoms with E-state index < -0.39 is 46.2 Å². The summed E-state index contributed by atoms with van der Waals surface area (Å²) >= 11 is 5.89. The molecule has 0 bridgehead atoms. The number of phenols is 1. The van der Waals surface area contributed by atoms with E-state index in [2.05, 4.69) is 15.3 Å². The minimum atomic E-state index is -5.05. The first kappa shape index (κ1) is 22.5. The molecule has 0 fully saturated rings. The van der Waals surface area contributed by atoms with Crippen LogP contribution in [0, 0.1) is 12.7 Å². The Morgan fingerprint density at radius 1 is 1.25 bits per heavy atom. The number of phenolic OH excluding ortho intramolecular Hbond substituents is 1. The zero-order chi connectivity index (χ0) is 23.6. The standard InChI is InChI=1S/C22H20ClF4N3O2/c1-10-28-8-12-14(29-10)5-4-6-15(12)30-19-11-7-13(23)17(24)18(31)16(11)20(2,3)9-21(19,32)22(25,26)27/h4-8,19,30-32H,9H2,1-3H3. The average Bonchev–Trinajstić information content (AvgIpc) is 2.67. The quantitative estimate of drug-likeness (QED) is 0.428. The minimum absolute atomic E-state index is 0.0434. The smallest absolute Gasteiger partial charge is 0.419 e. The Labute approximate surface area is 186 Å². The fraction of sp³-hybridized carbons (Fsp3) is 0.364. The predicted molar refractivity (Wildman–Crippen MR) is 112 cm³/mol. The number of nitrogens with one attached hydrogen (secondary N) is 1. The fourth-order valence-corrected chi connectivity index (χ4v) is 4.79. The van der Waals surface area contributed by atoms with Crippen molar-refractivity contribution < 1.29 is 27.8 Å². The van der Waals surface area contributed by atoms with E-state index in [9.17, 15) is 27.8 Å². The Morgan fingerprint density at radius 2 is 1.94 bits per heavy atom. The van der Waals surface area contributed by atoms with Crippen LogP contribution >= 0.6 is 11.6 Å². The molecule has 0 spiro atoms. The number of aromatic nitrogens is 2. The Hall–Kier alpha value is -2.65. The lowest BCUT2D eigenvalue weighted by Gasteiger charge is -2.49. The minimum Gasteiger partial charge on any atom is -0.505 e. The number of aliphatic hydroxyl groups is 1. The summed E-state index contributed by atoms with van der Waals surface area (Å²) in [5, 5.41) is 24.1. The highest BCUT2D eigenvalue weighted by Crippen LogP contribution is 2.57. The Balaban J connectivity index is 1.98. The number of benzene rings is 2. The first-order valence-corrected chi connectivity index (χ1v) is 10.1. The molecule has 0 aliphatic heterocycles. The number of aromatic hydroxyl groups is 1. The molecule has 1 aliphatic carbocycles. The zero-order valence-corrected chi connectivity index (χ0v) is 18.1. The number of alkyl halides is 3. The molecule has 2 unspecified atom stereocenters. The number of anilines is 1. The molecular weight excluding hydrogens is 450 g/mol. The summed E-state index contributed by atoms with van der Waals surface area (Å²) in [5.41, 5.74) is -4.11. The number of hydrogen-bond acceptors (Lipinski definition) is 5. The molecule has 1 heterocycles. The van der Waals surface area contributed by atoms with Crippen molar-refractivity contribution in [1.82, 2.24) is 9.97 Å². The van der Waals surface area contributed by atoms with Crippen LogP contribution in [0.3, 0.4) is 0 Å². The molecular formula is C22H20ClF4N3O2. The number of rotatable bonds is 2. The SMILES string of the molecule is Cc1ncc2c(NC3c4cc(Cl)c(F)c(O)c4C(C)(C)CC3(O)C(F)(F)F)cccc2n1. The van der Waals surface area contributed by atoms with Gasteiger partial charge in [0.1, 0.15) is 5.82 Å². The lowest BCUT2D eigenvalue weighted by atomic mass is 9.63. The molecule has 0 radical (unpaired) electrons. The fourth-order valence-electron chi connectivity index (χ4n) is 4.58. The van der Waals surface area contributed by atoms with Gasteiger partial charge in [0.15, 0.2) is 17.2 Å². The Morgan fingerprint density at radius 3 is 2.59 bits per heavy atom. The van der Waals surface area contributed by atoms with Gasteiger partial charge in [0, 0.05) is 22.8 Å². The maximum Gasteiger partial charge on any atom is 0.419 e. The molecule has 2 atom stereocenters. The van der Waals surface area contributed by atoms with E-state index in [1.165, 1.54) is 26.1 Å². The van der Waals surface area contributed by atoms with E-state index in [4.69, 9.17) is 11.6 Å². The van der Waals surface area contributed by atoms with E-state index in [-0.39, 0.29) is 16.8 Å². The second-order valence-corrected chi connectivity index (χ2v) is 9.11. The van der Waals surface area contributed by atoms with Gasteiger partial charge in [0.25, 0.3) is 0 Å². The molecule has 3 aromatic rings. The van der Waals surface area contributed by atoms with E-state index in [0.29, 0.717) is 16.7 Å². The van der Waals surface area contributed by atoms with Crippen LogP contribution in [0.1, 0.15) is 43.3 Å². The van der Waals surface area contributed by atoms with Crippen molar-refractivity contribution in [2.75, 3.05) is 5.32 Å². The lowest BCUT2D eigenvalue weighted by molar-refractivity contribution is -0.276. The molecule has 1 aromatic heterocycles. The largest absolute Gasteiger partial charge is 0.505 e. The lowest BCUT2D eigenvalue weighted by Crippen LogP contribution is -2.58. The molecule has 10 heteroatoms. The normalized spacial score (nSPS) is 22.6. The third kappa shape index (κ3) is 3.34. The van der Waals surface area contributed by atoms with Crippen molar-refractivity contribution >= 4 is 28.2 Å². The molecule has 0 saturated heterocycles. The van der Waals surface area contributed by atoms with Crippen molar-refractivity contribution in [3.05, 3.63) is 58.3 Å². The van der Waals surface area contributed by atoms with E-state index >= 15 is 0 Å². The Kier molecular flexibility index (Phi) is 5.06. The van der Waals surface area contributed by atoms with Crippen molar-refractivity contribution in [1.29, 1.82) is 0 Å². The number of nitrogens with zero attached hydrogens (tertiary/aromatic N) is 2. The number of fused-ring (bicyclic) bond motifs is 2. The summed E-state index contributed by atoms with van der Waals surface area (Å²) in [6.45, 7) is 4.49. The topological polar surface area (TPSA) is 78.3 Å². The average molecular weight is 470 g/mol. The van der Waals surface area contributed by atoms with Crippen LogP contribution in [0.15, 0.2) is 30.5 Å². The van der Waals surface area contributed by atoms with E-state index in [0.717, 1.165) is 6.07 Å². The molecule has 0 saturated carbocycles. The maximum atomic E-state index is 14.4. The van der Waals surface area contributed by atoms with Gasteiger partial charge in [0.05, 0.1) is 16.6 Å². The third-order valence-electron chi connectivity index (χ3n) is 5.94. The second-order valence-electron chi connectivity index (χ2n) is 8.70. The molecule has 4 rings (SSSR count). The summed E-state index contributed by atoms with van der Waals surface area (Å²) in [6.07, 6.45) is -4.40. The van der Waals surface area contributed by atoms with E-state index in [1.807, 2.05) is 0 Å². The first-order chi connectivity index (χ1) is 14.8. The van der Waals surface area contributed by atoms with Gasteiger partial charge >= 0.3 is 6.18 Å². The summed E-state index contributed by atoms with van der Waals surface area (Å²) < 4.78 is 57.2.